The summed E-state index contributed by atoms with van der Waals surface area (Å²) in [6.07, 6.45) is 1.50. The summed E-state index contributed by atoms with van der Waals surface area (Å²) >= 11 is 11.8. The summed E-state index contributed by atoms with van der Waals surface area (Å²) in [5, 5.41) is 9.46. The molecule has 3 N–H and O–H groups in total. The number of urea groups is 1. The number of carbonyl (C=O) groups excluding carboxylic acids is 1. The first-order valence-electron chi connectivity index (χ1n) is 8.39. The van der Waals surface area contributed by atoms with Crippen molar-refractivity contribution in [1.82, 2.24) is 15.6 Å². The predicted molar refractivity (Wildman–Crippen MR) is 107 cm³/mol. The Hall–Kier alpha value is -2.38. The number of aromatic nitrogens is 1. The second-order valence-corrected chi connectivity index (χ2v) is 6.28. The molecule has 7 nitrogen and oxygen atoms in total. The van der Waals surface area contributed by atoms with Crippen LogP contribution in [0.15, 0.2) is 30.5 Å². The first-order chi connectivity index (χ1) is 13.0. The normalized spacial score (nSPS) is 10.2. The van der Waals surface area contributed by atoms with Gasteiger partial charge in [-0.05, 0) is 30.7 Å². The van der Waals surface area contributed by atoms with Gasteiger partial charge in [0.1, 0.15) is 5.82 Å². The Bertz CT molecular complexity index is 774. The number of methoxy groups -OCH3 is 1. The van der Waals surface area contributed by atoms with Crippen molar-refractivity contribution in [1.29, 1.82) is 0 Å². The molecular weight excluding hydrogens is 391 g/mol. The molecule has 9 heteroatoms. The highest BCUT2D eigenvalue weighted by atomic mass is 35.5. The van der Waals surface area contributed by atoms with Crippen LogP contribution in [0.2, 0.25) is 10.0 Å². The van der Waals surface area contributed by atoms with E-state index in [1.165, 1.54) is 6.20 Å². The molecule has 0 saturated heterocycles. The van der Waals surface area contributed by atoms with Gasteiger partial charge in [0.2, 0.25) is 0 Å². The molecule has 0 fully saturated rings. The largest absolute Gasteiger partial charge is 0.493 e. The van der Waals surface area contributed by atoms with Crippen molar-refractivity contribution in [3.8, 4) is 11.5 Å². The van der Waals surface area contributed by atoms with Crippen molar-refractivity contribution in [2.24, 2.45) is 0 Å². The van der Waals surface area contributed by atoms with E-state index in [0.29, 0.717) is 53.6 Å². The summed E-state index contributed by atoms with van der Waals surface area (Å²) in [4.78, 5) is 16.0. The number of amides is 2. The van der Waals surface area contributed by atoms with Gasteiger partial charge in [-0.1, -0.05) is 29.3 Å². The van der Waals surface area contributed by atoms with Gasteiger partial charge in [-0.15, -0.1) is 0 Å². The number of anilines is 1. The minimum absolute atomic E-state index is 0.278. The molecule has 0 aliphatic rings. The van der Waals surface area contributed by atoms with Gasteiger partial charge in [-0.2, -0.15) is 0 Å². The van der Waals surface area contributed by atoms with Crippen LogP contribution in [0.3, 0.4) is 0 Å². The average molecular weight is 413 g/mol. The molecule has 2 aromatic rings. The number of rotatable bonds is 9. The topological polar surface area (TPSA) is 84.5 Å². The number of pyridine rings is 1. The highest BCUT2D eigenvalue weighted by Gasteiger charge is 2.07. The standard InChI is InChI=1S/C18H22Cl2N4O3/c1-3-27-15-5-4-12(8-16(15)26-2)10-24-18(25)22-7-6-21-17-14(20)9-13(19)11-23-17/h4-5,8-9,11H,3,6-7,10H2,1-2H3,(H,21,23)(H2,22,24,25). The summed E-state index contributed by atoms with van der Waals surface area (Å²) in [5.74, 6) is 1.83. The third-order valence-electron chi connectivity index (χ3n) is 3.49. The first kappa shape index (κ1) is 20.9. The van der Waals surface area contributed by atoms with Crippen LogP contribution in [-0.2, 0) is 6.54 Å². The highest BCUT2D eigenvalue weighted by molar-refractivity contribution is 6.35. The van der Waals surface area contributed by atoms with Gasteiger partial charge in [0.25, 0.3) is 0 Å². The number of nitrogens with zero attached hydrogens (tertiary/aromatic N) is 1. The van der Waals surface area contributed by atoms with Crippen LogP contribution in [-0.4, -0.2) is 37.8 Å². The van der Waals surface area contributed by atoms with Crippen molar-refractivity contribution in [3.63, 3.8) is 0 Å². The maximum Gasteiger partial charge on any atom is 0.315 e. The maximum absolute atomic E-state index is 11.9. The molecule has 0 radical (unpaired) electrons. The number of hydrogen-bond donors (Lipinski definition) is 3. The lowest BCUT2D eigenvalue weighted by atomic mass is 10.2. The third-order valence-corrected chi connectivity index (χ3v) is 3.99. The lowest BCUT2D eigenvalue weighted by Crippen LogP contribution is -2.37. The summed E-state index contributed by atoms with van der Waals surface area (Å²) < 4.78 is 10.8. The van der Waals surface area contributed by atoms with E-state index >= 15 is 0 Å². The zero-order chi connectivity index (χ0) is 19.6. The second-order valence-electron chi connectivity index (χ2n) is 5.44. The Morgan fingerprint density at radius 2 is 1.96 bits per heavy atom. The second kappa shape index (κ2) is 10.7. The lowest BCUT2D eigenvalue weighted by molar-refractivity contribution is 0.241. The summed E-state index contributed by atoms with van der Waals surface area (Å²) in [7, 11) is 1.58. The van der Waals surface area contributed by atoms with E-state index in [1.807, 2.05) is 25.1 Å². The maximum atomic E-state index is 11.9. The SMILES string of the molecule is CCOc1ccc(CNC(=O)NCCNc2ncc(Cl)cc2Cl)cc1OC. The number of hydrogen-bond acceptors (Lipinski definition) is 5. The molecule has 0 unspecified atom stereocenters. The molecular formula is C18H22Cl2N4O3. The van der Waals surface area contributed by atoms with Gasteiger partial charge in [0.15, 0.2) is 11.5 Å². The van der Waals surface area contributed by atoms with Gasteiger partial charge in [0, 0.05) is 25.8 Å². The Balaban J connectivity index is 1.73. The van der Waals surface area contributed by atoms with Crippen molar-refractivity contribution in [2.75, 3.05) is 32.1 Å². The smallest absolute Gasteiger partial charge is 0.315 e. The fraction of sp³-hybridized carbons (Fsp3) is 0.333. The zero-order valence-corrected chi connectivity index (χ0v) is 16.7. The van der Waals surface area contributed by atoms with Gasteiger partial charge in [0.05, 0.1) is 23.8 Å². The van der Waals surface area contributed by atoms with Crippen LogP contribution in [0.25, 0.3) is 0 Å². The average Bonchev–Trinajstić information content (AvgIpc) is 2.66. The summed E-state index contributed by atoms with van der Waals surface area (Å²) in [6.45, 7) is 3.70. The molecule has 0 atom stereocenters. The van der Waals surface area contributed by atoms with Crippen LogP contribution in [0.5, 0.6) is 11.5 Å². The van der Waals surface area contributed by atoms with E-state index in [0.717, 1.165) is 5.56 Å². The molecule has 1 aromatic heterocycles. The van der Waals surface area contributed by atoms with Crippen molar-refractivity contribution >= 4 is 35.1 Å². The van der Waals surface area contributed by atoms with Crippen molar-refractivity contribution in [3.05, 3.63) is 46.1 Å². The van der Waals surface area contributed by atoms with E-state index < -0.39 is 0 Å². The molecule has 0 aliphatic heterocycles. The molecule has 0 spiro atoms. The van der Waals surface area contributed by atoms with Crippen LogP contribution in [0.1, 0.15) is 12.5 Å². The molecule has 0 saturated carbocycles. The fourth-order valence-corrected chi connectivity index (χ4v) is 2.69. The van der Waals surface area contributed by atoms with Gasteiger partial charge in [-0.25, -0.2) is 9.78 Å². The van der Waals surface area contributed by atoms with E-state index in [1.54, 1.807) is 13.2 Å². The monoisotopic (exact) mass is 412 g/mol. The molecule has 2 amide bonds. The van der Waals surface area contributed by atoms with E-state index in [-0.39, 0.29) is 6.03 Å². The lowest BCUT2D eigenvalue weighted by Gasteiger charge is -2.12. The zero-order valence-electron chi connectivity index (χ0n) is 15.1. The number of halogens is 2. The van der Waals surface area contributed by atoms with Crippen LogP contribution in [0, 0.1) is 0 Å². The predicted octanol–water partition coefficient (Wildman–Crippen LogP) is 3.71. The number of ether oxygens (including phenoxy) is 2. The van der Waals surface area contributed by atoms with Crippen molar-refractivity contribution < 1.29 is 14.3 Å². The molecule has 0 bridgehead atoms. The van der Waals surface area contributed by atoms with Crippen molar-refractivity contribution in [2.45, 2.75) is 13.5 Å². The summed E-state index contributed by atoms with van der Waals surface area (Å²) in [5.41, 5.74) is 0.903. The molecule has 146 valence electrons. The highest BCUT2D eigenvalue weighted by Crippen LogP contribution is 2.28. The van der Waals surface area contributed by atoms with E-state index in [2.05, 4.69) is 20.9 Å². The minimum Gasteiger partial charge on any atom is -0.493 e. The van der Waals surface area contributed by atoms with Crippen LogP contribution in [0.4, 0.5) is 10.6 Å². The molecule has 27 heavy (non-hydrogen) atoms. The first-order valence-corrected chi connectivity index (χ1v) is 9.15. The number of nitrogens with one attached hydrogen (secondary N) is 3. The quantitative estimate of drug-likeness (QED) is 0.546. The Morgan fingerprint density at radius 1 is 1.15 bits per heavy atom. The molecule has 1 aromatic carbocycles. The third kappa shape index (κ3) is 6.69. The number of carbonyl (C=O) groups is 1. The van der Waals surface area contributed by atoms with E-state index in [4.69, 9.17) is 32.7 Å². The van der Waals surface area contributed by atoms with Crippen LogP contribution < -0.4 is 25.4 Å². The molecule has 0 aliphatic carbocycles. The minimum atomic E-state index is -0.278. The van der Waals surface area contributed by atoms with E-state index in [9.17, 15) is 4.79 Å². The van der Waals surface area contributed by atoms with Gasteiger partial charge in [-0.3, -0.25) is 0 Å². The Kier molecular flexibility index (Phi) is 8.29. The summed E-state index contributed by atoms with van der Waals surface area (Å²) in [6, 6.07) is 6.86. The molecule has 1 heterocycles. The molecule has 2 rings (SSSR count). The Labute approximate surface area is 168 Å². The number of benzene rings is 1. The van der Waals surface area contributed by atoms with Gasteiger partial charge >= 0.3 is 6.03 Å². The fourth-order valence-electron chi connectivity index (χ4n) is 2.24. The Morgan fingerprint density at radius 3 is 2.67 bits per heavy atom. The van der Waals surface area contributed by atoms with Crippen LogP contribution >= 0.6 is 23.2 Å². The van der Waals surface area contributed by atoms with Gasteiger partial charge < -0.3 is 25.4 Å².